The molecule has 0 aliphatic heterocycles. The molecule has 3 heteroatoms. The van der Waals surface area contributed by atoms with E-state index in [0.717, 1.165) is 5.56 Å². The highest BCUT2D eigenvalue weighted by Gasteiger charge is 2.20. The fourth-order valence-electron chi connectivity index (χ4n) is 1.46. The summed E-state index contributed by atoms with van der Waals surface area (Å²) in [5, 5.41) is 11.8. The second kappa shape index (κ2) is 5.09. The SMILES string of the molecule is CC(C#N)NCC(C)(C)c1ccc(F)cc1. The van der Waals surface area contributed by atoms with E-state index in [2.05, 4.69) is 25.2 Å². The predicted octanol–water partition coefficient (Wildman–Crippen LogP) is 2.60. The maximum Gasteiger partial charge on any atom is 0.123 e. The van der Waals surface area contributed by atoms with Crippen molar-refractivity contribution in [3.8, 4) is 6.07 Å². The first kappa shape index (κ1) is 12.7. The fraction of sp³-hybridized carbons (Fsp3) is 0.462. The molecule has 1 unspecified atom stereocenters. The van der Waals surface area contributed by atoms with Crippen molar-refractivity contribution in [2.24, 2.45) is 0 Å². The fourth-order valence-corrected chi connectivity index (χ4v) is 1.46. The van der Waals surface area contributed by atoms with E-state index in [4.69, 9.17) is 5.26 Å². The van der Waals surface area contributed by atoms with Crippen LogP contribution in [-0.4, -0.2) is 12.6 Å². The highest BCUT2D eigenvalue weighted by atomic mass is 19.1. The van der Waals surface area contributed by atoms with Gasteiger partial charge in [-0.3, -0.25) is 0 Å². The average molecular weight is 220 g/mol. The van der Waals surface area contributed by atoms with Gasteiger partial charge < -0.3 is 5.32 Å². The van der Waals surface area contributed by atoms with Crippen molar-refractivity contribution in [1.82, 2.24) is 5.32 Å². The maximum atomic E-state index is 12.8. The minimum Gasteiger partial charge on any atom is -0.301 e. The van der Waals surface area contributed by atoms with Gasteiger partial charge in [-0.1, -0.05) is 26.0 Å². The molecular formula is C13H17FN2. The van der Waals surface area contributed by atoms with Crippen molar-refractivity contribution >= 4 is 0 Å². The zero-order valence-electron chi connectivity index (χ0n) is 9.92. The summed E-state index contributed by atoms with van der Waals surface area (Å²) in [5.41, 5.74) is 0.949. The number of nitriles is 1. The van der Waals surface area contributed by atoms with Crippen molar-refractivity contribution in [2.75, 3.05) is 6.54 Å². The number of hydrogen-bond donors (Lipinski definition) is 1. The molecule has 1 N–H and O–H groups in total. The Bertz CT molecular complexity index is 376. The van der Waals surface area contributed by atoms with E-state index >= 15 is 0 Å². The maximum absolute atomic E-state index is 12.8. The van der Waals surface area contributed by atoms with Crippen molar-refractivity contribution < 1.29 is 4.39 Å². The van der Waals surface area contributed by atoms with Gasteiger partial charge in [-0.05, 0) is 24.6 Å². The first-order valence-electron chi connectivity index (χ1n) is 5.35. The molecule has 1 atom stereocenters. The molecule has 2 nitrogen and oxygen atoms in total. The zero-order valence-corrected chi connectivity index (χ0v) is 9.92. The Labute approximate surface area is 96.1 Å². The van der Waals surface area contributed by atoms with Gasteiger partial charge in [0.05, 0.1) is 12.1 Å². The smallest absolute Gasteiger partial charge is 0.123 e. The third kappa shape index (κ3) is 3.32. The molecule has 0 saturated heterocycles. The van der Waals surface area contributed by atoms with E-state index in [1.807, 2.05) is 6.92 Å². The molecule has 0 heterocycles. The molecule has 0 radical (unpaired) electrons. The summed E-state index contributed by atoms with van der Waals surface area (Å²) in [6, 6.07) is 8.46. The van der Waals surface area contributed by atoms with Gasteiger partial charge in [0.1, 0.15) is 5.82 Å². The van der Waals surface area contributed by atoms with Crippen LogP contribution in [0.4, 0.5) is 4.39 Å². The Kier molecular flexibility index (Phi) is 4.03. The van der Waals surface area contributed by atoms with Gasteiger partial charge >= 0.3 is 0 Å². The van der Waals surface area contributed by atoms with Crippen LogP contribution in [0.15, 0.2) is 24.3 Å². The van der Waals surface area contributed by atoms with E-state index in [-0.39, 0.29) is 17.3 Å². The van der Waals surface area contributed by atoms with Gasteiger partial charge in [0.15, 0.2) is 0 Å². The van der Waals surface area contributed by atoms with Crippen molar-refractivity contribution in [3.05, 3.63) is 35.6 Å². The van der Waals surface area contributed by atoms with Crippen LogP contribution in [0.5, 0.6) is 0 Å². The third-order valence-corrected chi connectivity index (χ3v) is 2.67. The number of halogens is 1. The summed E-state index contributed by atoms with van der Waals surface area (Å²) in [6.45, 7) is 6.64. The molecule has 0 fully saturated rings. The van der Waals surface area contributed by atoms with Gasteiger partial charge in [-0.25, -0.2) is 4.39 Å². The summed E-state index contributed by atoms with van der Waals surface area (Å²) >= 11 is 0. The van der Waals surface area contributed by atoms with Gasteiger partial charge in [-0.2, -0.15) is 5.26 Å². The van der Waals surface area contributed by atoms with Crippen LogP contribution < -0.4 is 5.32 Å². The molecule has 16 heavy (non-hydrogen) atoms. The molecule has 86 valence electrons. The average Bonchev–Trinajstić information content (AvgIpc) is 2.26. The molecule has 1 rings (SSSR count). The molecule has 0 aliphatic rings. The number of hydrogen-bond acceptors (Lipinski definition) is 2. The lowest BCUT2D eigenvalue weighted by Gasteiger charge is -2.26. The van der Waals surface area contributed by atoms with Gasteiger partial charge in [-0.15, -0.1) is 0 Å². The van der Waals surface area contributed by atoms with E-state index in [1.165, 1.54) is 12.1 Å². The lowest BCUT2D eigenvalue weighted by molar-refractivity contribution is 0.456. The standard InChI is InChI=1S/C13H17FN2/c1-10(8-15)16-9-13(2,3)11-4-6-12(14)7-5-11/h4-7,10,16H,9H2,1-3H3. The summed E-state index contributed by atoms with van der Waals surface area (Å²) in [7, 11) is 0. The van der Waals surface area contributed by atoms with Crippen LogP contribution in [-0.2, 0) is 5.41 Å². The summed E-state index contributed by atoms with van der Waals surface area (Å²) in [5.74, 6) is -0.224. The summed E-state index contributed by atoms with van der Waals surface area (Å²) < 4.78 is 12.8. The Balaban J connectivity index is 2.70. The van der Waals surface area contributed by atoms with Crippen LogP contribution in [0.3, 0.4) is 0 Å². The Morgan fingerprint density at radius 2 is 1.94 bits per heavy atom. The first-order chi connectivity index (χ1) is 7.45. The summed E-state index contributed by atoms with van der Waals surface area (Å²) in [4.78, 5) is 0. The highest BCUT2D eigenvalue weighted by Crippen LogP contribution is 2.22. The Morgan fingerprint density at radius 3 is 2.44 bits per heavy atom. The zero-order chi connectivity index (χ0) is 12.2. The predicted molar refractivity (Wildman–Crippen MR) is 62.5 cm³/mol. The highest BCUT2D eigenvalue weighted by molar-refractivity contribution is 5.24. The topological polar surface area (TPSA) is 35.8 Å². The molecule has 0 spiro atoms. The first-order valence-corrected chi connectivity index (χ1v) is 5.35. The van der Waals surface area contributed by atoms with Crippen molar-refractivity contribution in [2.45, 2.75) is 32.2 Å². The molecule has 0 saturated carbocycles. The molecule has 1 aromatic carbocycles. The number of nitrogens with zero attached hydrogens (tertiary/aromatic N) is 1. The Morgan fingerprint density at radius 1 is 1.38 bits per heavy atom. The van der Waals surface area contributed by atoms with E-state index < -0.39 is 0 Å². The van der Waals surface area contributed by atoms with Crippen LogP contribution in [0.1, 0.15) is 26.3 Å². The van der Waals surface area contributed by atoms with Gasteiger partial charge in [0.2, 0.25) is 0 Å². The normalized spacial score (nSPS) is 13.2. The molecule has 0 bridgehead atoms. The number of rotatable bonds is 4. The van der Waals surface area contributed by atoms with Crippen LogP contribution >= 0.6 is 0 Å². The van der Waals surface area contributed by atoms with Crippen molar-refractivity contribution in [1.29, 1.82) is 5.26 Å². The van der Waals surface area contributed by atoms with Crippen LogP contribution in [0.25, 0.3) is 0 Å². The van der Waals surface area contributed by atoms with E-state index in [0.29, 0.717) is 6.54 Å². The number of benzene rings is 1. The minimum absolute atomic E-state index is 0.112. The van der Waals surface area contributed by atoms with E-state index in [9.17, 15) is 4.39 Å². The summed E-state index contributed by atoms with van der Waals surface area (Å²) in [6.07, 6.45) is 0. The molecule has 0 amide bonds. The molecular weight excluding hydrogens is 203 g/mol. The monoisotopic (exact) mass is 220 g/mol. The second-order valence-electron chi connectivity index (χ2n) is 4.62. The largest absolute Gasteiger partial charge is 0.301 e. The van der Waals surface area contributed by atoms with Crippen LogP contribution in [0.2, 0.25) is 0 Å². The van der Waals surface area contributed by atoms with Gasteiger partial charge in [0.25, 0.3) is 0 Å². The lowest BCUT2D eigenvalue weighted by Crippen LogP contribution is -2.37. The van der Waals surface area contributed by atoms with Crippen molar-refractivity contribution in [3.63, 3.8) is 0 Å². The molecule has 0 aliphatic carbocycles. The van der Waals surface area contributed by atoms with Gasteiger partial charge in [0, 0.05) is 12.0 Å². The Hall–Kier alpha value is -1.40. The number of nitrogens with one attached hydrogen (secondary N) is 1. The third-order valence-electron chi connectivity index (χ3n) is 2.67. The minimum atomic E-state index is -0.224. The molecule has 0 aromatic heterocycles. The quantitative estimate of drug-likeness (QED) is 0.846. The van der Waals surface area contributed by atoms with Crippen LogP contribution in [0, 0.1) is 17.1 Å². The molecule has 1 aromatic rings. The second-order valence-corrected chi connectivity index (χ2v) is 4.62. The van der Waals surface area contributed by atoms with E-state index in [1.54, 1.807) is 12.1 Å². The lowest BCUT2D eigenvalue weighted by atomic mass is 9.84.